The van der Waals surface area contributed by atoms with Crippen LogP contribution in [-0.2, 0) is 12.4 Å². The predicted molar refractivity (Wildman–Crippen MR) is 67.5 cm³/mol. The second kappa shape index (κ2) is 5.70. The Hall–Kier alpha value is -1.77. The third-order valence-electron chi connectivity index (χ3n) is 3.77. The van der Waals surface area contributed by atoms with Gasteiger partial charge in [-0.15, -0.1) is 0 Å². The minimum atomic E-state index is -5.00. The number of carbonyl (C=O) groups is 1. The van der Waals surface area contributed by atoms with Gasteiger partial charge < -0.3 is 10.4 Å². The zero-order valence-corrected chi connectivity index (χ0v) is 11.7. The van der Waals surface area contributed by atoms with Crippen molar-refractivity contribution in [3.8, 4) is 0 Å². The standard InChI is InChI=1S/C14H13F6NO2/c15-13(16,17)9-3-8(4-10(5-9)14(18,19)20)11(23)21-6-12(7-22)1-2-12/h3-5,22H,1-2,6-7H2,(H,21,23). The van der Waals surface area contributed by atoms with Gasteiger partial charge in [-0.05, 0) is 31.0 Å². The summed E-state index contributed by atoms with van der Waals surface area (Å²) >= 11 is 0. The van der Waals surface area contributed by atoms with E-state index < -0.39 is 40.4 Å². The average molecular weight is 341 g/mol. The molecule has 1 aromatic carbocycles. The highest BCUT2D eigenvalue weighted by Gasteiger charge is 2.42. The zero-order valence-electron chi connectivity index (χ0n) is 11.7. The molecule has 0 heterocycles. The number of aliphatic hydroxyl groups excluding tert-OH is 1. The Morgan fingerprint density at radius 1 is 1.04 bits per heavy atom. The molecule has 0 unspecified atom stereocenters. The summed E-state index contributed by atoms with van der Waals surface area (Å²) in [6.07, 6.45) is -8.72. The van der Waals surface area contributed by atoms with Crippen LogP contribution in [0.4, 0.5) is 26.3 Å². The van der Waals surface area contributed by atoms with Gasteiger partial charge in [0.2, 0.25) is 0 Å². The smallest absolute Gasteiger partial charge is 0.396 e. The number of halogens is 6. The molecule has 1 aliphatic rings. The maximum Gasteiger partial charge on any atom is 0.416 e. The first-order valence-corrected chi connectivity index (χ1v) is 6.65. The maximum atomic E-state index is 12.7. The molecule has 1 amide bonds. The minimum absolute atomic E-state index is 0.0000694. The SMILES string of the molecule is O=C(NCC1(CO)CC1)c1cc(C(F)(F)F)cc(C(F)(F)F)c1. The number of alkyl halides is 6. The van der Waals surface area contributed by atoms with Gasteiger partial charge in [-0.25, -0.2) is 0 Å². The largest absolute Gasteiger partial charge is 0.416 e. The van der Waals surface area contributed by atoms with Crippen molar-refractivity contribution in [2.75, 3.05) is 13.2 Å². The summed E-state index contributed by atoms with van der Waals surface area (Å²) in [4.78, 5) is 11.9. The molecule has 0 atom stereocenters. The summed E-state index contributed by atoms with van der Waals surface area (Å²) in [5.74, 6) is -1.04. The second-order valence-electron chi connectivity index (χ2n) is 5.64. The highest BCUT2D eigenvalue weighted by Crippen LogP contribution is 2.44. The van der Waals surface area contributed by atoms with E-state index in [1.165, 1.54) is 0 Å². The van der Waals surface area contributed by atoms with Crippen molar-refractivity contribution in [3.05, 3.63) is 34.9 Å². The van der Waals surface area contributed by atoms with Crippen molar-refractivity contribution in [2.45, 2.75) is 25.2 Å². The van der Waals surface area contributed by atoms with E-state index in [0.29, 0.717) is 25.0 Å². The summed E-state index contributed by atoms with van der Waals surface area (Å²) in [6, 6.07) is 0.721. The quantitative estimate of drug-likeness (QED) is 0.826. The molecule has 0 saturated heterocycles. The summed E-state index contributed by atoms with van der Waals surface area (Å²) in [7, 11) is 0. The lowest BCUT2D eigenvalue weighted by Gasteiger charge is -2.16. The van der Waals surface area contributed by atoms with Gasteiger partial charge in [-0.3, -0.25) is 4.79 Å². The lowest BCUT2D eigenvalue weighted by atomic mass is 10.0. The molecule has 0 aliphatic heterocycles. The van der Waals surface area contributed by atoms with Crippen LogP contribution >= 0.6 is 0 Å². The predicted octanol–water partition coefficient (Wildman–Crippen LogP) is 3.23. The van der Waals surface area contributed by atoms with Gasteiger partial charge in [-0.1, -0.05) is 0 Å². The summed E-state index contributed by atoms with van der Waals surface area (Å²) < 4.78 is 76.2. The van der Waals surface area contributed by atoms with E-state index in [0.717, 1.165) is 0 Å². The molecule has 0 radical (unpaired) electrons. The third-order valence-corrected chi connectivity index (χ3v) is 3.77. The normalized spacial score (nSPS) is 17.0. The number of amides is 1. The first kappa shape index (κ1) is 17.6. The van der Waals surface area contributed by atoms with Crippen LogP contribution < -0.4 is 5.32 Å². The lowest BCUT2D eigenvalue weighted by molar-refractivity contribution is -0.143. The Kier molecular flexibility index (Phi) is 4.36. The van der Waals surface area contributed by atoms with Gasteiger partial charge in [0, 0.05) is 17.5 Å². The number of rotatable bonds is 4. The fraction of sp³-hybridized carbons (Fsp3) is 0.500. The molecule has 2 rings (SSSR count). The van der Waals surface area contributed by atoms with Crippen molar-refractivity contribution in [3.63, 3.8) is 0 Å². The van der Waals surface area contributed by atoms with E-state index in [9.17, 15) is 31.1 Å². The minimum Gasteiger partial charge on any atom is -0.396 e. The van der Waals surface area contributed by atoms with Crippen molar-refractivity contribution in [1.82, 2.24) is 5.32 Å². The van der Waals surface area contributed by atoms with Crippen molar-refractivity contribution in [2.24, 2.45) is 5.41 Å². The van der Waals surface area contributed by atoms with E-state index in [2.05, 4.69) is 5.32 Å². The van der Waals surface area contributed by atoms with Crippen molar-refractivity contribution >= 4 is 5.91 Å². The third kappa shape index (κ3) is 4.15. The first-order chi connectivity index (χ1) is 10.5. The number of hydrogen-bond donors (Lipinski definition) is 2. The molecule has 1 aliphatic carbocycles. The molecule has 0 aromatic heterocycles. The number of nitrogens with one attached hydrogen (secondary N) is 1. The van der Waals surface area contributed by atoms with E-state index in [1.54, 1.807) is 0 Å². The summed E-state index contributed by atoms with van der Waals surface area (Å²) in [5.41, 5.74) is -4.31. The first-order valence-electron chi connectivity index (χ1n) is 6.65. The Morgan fingerprint density at radius 2 is 1.52 bits per heavy atom. The highest BCUT2D eigenvalue weighted by molar-refractivity contribution is 5.94. The summed E-state index contributed by atoms with van der Waals surface area (Å²) in [6.45, 7) is -0.205. The fourth-order valence-corrected chi connectivity index (χ4v) is 2.02. The lowest BCUT2D eigenvalue weighted by Crippen LogP contribution is -2.32. The Labute approximate surface area is 127 Å². The number of aliphatic hydroxyl groups is 1. The maximum absolute atomic E-state index is 12.7. The number of carbonyl (C=O) groups excluding carboxylic acids is 1. The Bertz CT molecular complexity index is 572. The molecule has 0 bridgehead atoms. The molecule has 9 heteroatoms. The van der Waals surface area contributed by atoms with Gasteiger partial charge in [0.05, 0.1) is 17.7 Å². The molecule has 1 aromatic rings. The van der Waals surface area contributed by atoms with E-state index >= 15 is 0 Å². The number of benzene rings is 1. The van der Waals surface area contributed by atoms with Gasteiger partial charge in [0.1, 0.15) is 0 Å². The van der Waals surface area contributed by atoms with E-state index in [4.69, 9.17) is 5.11 Å². The van der Waals surface area contributed by atoms with Crippen molar-refractivity contribution < 1.29 is 36.2 Å². The molecular formula is C14H13F6NO2. The van der Waals surface area contributed by atoms with Gasteiger partial charge in [-0.2, -0.15) is 26.3 Å². The van der Waals surface area contributed by atoms with Gasteiger partial charge in [0.25, 0.3) is 5.91 Å². The highest BCUT2D eigenvalue weighted by atomic mass is 19.4. The Balaban J connectivity index is 2.27. The van der Waals surface area contributed by atoms with E-state index in [1.807, 2.05) is 0 Å². The zero-order chi connectivity index (χ0) is 17.5. The molecule has 23 heavy (non-hydrogen) atoms. The molecule has 1 fully saturated rings. The average Bonchev–Trinajstić information content (AvgIpc) is 3.23. The second-order valence-corrected chi connectivity index (χ2v) is 5.64. The molecule has 1 saturated carbocycles. The summed E-state index contributed by atoms with van der Waals surface area (Å²) in [5, 5.41) is 11.4. The van der Waals surface area contributed by atoms with Gasteiger partial charge in [0.15, 0.2) is 0 Å². The number of hydrogen-bond acceptors (Lipinski definition) is 2. The van der Waals surface area contributed by atoms with Crippen LogP contribution in [0.2, 0.25) is 0 Å². The van der Waals surface area contributed by atoms with Crippen LogP contribution in [0.1, 0.15) is 34.3 Å². The van der Waals surface area contributed by atoms with Crippen LogP contribution in [0.5, 0.6) is 0 Å². The monoisotopic (exact) mass is 341 g/mol. The molecular weight excluding hydrogens is 328 g/mol. The Morgan fingerprint density at radius 3 is 1.87 bits per heavy atom. The molecule has 2 N–H and O–H groups in total. The van der Waals surface area contributed by atoms with Crippen LogP contribution in [0.25, 0.3) is 0 Å². The molecule has 128 valence electrons. The van der Waals surface area contributed by atoms with Crippen LogP contribution in [0.15, 0.2) is 18.2 Å². The van der Waals surface area contributed by atoms with E-state index in [-0.39, 0.29) is 19.2 Å². The molecule has 0 spiro atoms. The van der Waals surface area contributed by atoms with Crippen LogP contribution in [0, 0.1) is 5.41 Å². The fourth-order valence-electron chi connectivity index (χ4n) is 2.02. The van der Waals surface area contributed by atoms with Crippen LogP contribution in [-0.4, -0.2) is 24.2 Å². The van der Waals surface area contributed by atoms with Crippen molar-refractivity contribution in [1.29, 1.82) is 0 Å². The van der Waals surface area contributed by atoms with Crippen LogP contribution in [0.3, 0.4) is 0 Å². The topological polar surface area (TPSA) is 49.3 Å². The van der Waals surface area contributed by atoms with Gasteiger partial charge >= 0.3 is 12.4 Å². The molecule has 3 nitrogen and oxygen atoms in total.